The Balaban J connectivity index is 1.06. The molecular formula is C35H46N10O7. The van der Waals surface area contributed by atoms with Gasteiger partial charge in [-0.05, 0) is 48.9 Å². The smallest absolute Gasteiger partial charge is 0.409 e. The van der Waals surface area contributed by atoms with Gasteiger partial charge in [-0.25, -0.2) is 19.6 Å². The molecule has 0 saturated carbocycles. The highest BCUT2D eigenvalue weighted by Crippen LogP contribution is 2.29. The van der Waals surface area contributed by atoms with Gasteiger partial charge in [-0.3, -0.25) is 23.7 Å². The number of carbonyl (C=O) groups excluding carboxylic acids is 6. The first-order valence-electron chi connectivity index (χ1n) is 17.3. The van der Waals surface area contributed by atoms with Crippen LogP contribution in [0, 0.1) is 5.92 Å². The molecule has 4 heterocycles. The average molecular weight is 719 g/mol. The molecule has 278 valence electrons. The SMILES string of the molecule is CC1CCN(C=O)CC1N(C)c1ncnc2c1ccn2C(=O)N(C)CCN(C)C(=O)OCc1ccc(NC(=O)CNC(=O)C2CCCN2C=O)cc1. The number of likely N-dealkylation sites (tertiary alicyclic amines) is 2. The van der Waals surface area contributed by atoms with Gasteiger partial charge in [0.05, 0.1) is 18.0 Å². The van der Waals surface area contributed by atoms with Gasteiger partial charge in [0.1, 0.15) is 24.8 Å². The van der Waals surface area contributed by atoms with Crippen molar-refractivity contribution in [2.24, 2.45) is 5.92 Å². The Kier molecular flexibility index (Phi) is 12.2. The molecule has 1 aromatic carbocycles. The molecule has 6 amide bonds. The molecular weight excluding hydrogens is 672 g/mol. The fourth-order valence-corrected chi connectivity index (χ4v) is 6.50. The molecule has 3 aromatic rings. The molecule has 2 aromatic heterocycles. The second kappa shape index (κ2) is 17.0. The third kappa shape index (κ3) is 8.76. The lowest BCUT2D eigenvalue weighted by Crippen LogP contribution is -2.50. The maximum Gasteiger partial charge on any atom is 0.409 e. The molecule has 2 fully saturated rings. The quantitative estimate of drug-likeness (QED) is 0.246. The summed E-state index contributed by atoms with van der Waals surface area (Å²) < 4.78 is 6.90. The number of fused-ring (bicyclic) bond motifs is 1. The molecule has 0 aliphatic carbocycles. The monoisotopic (exact) mass is 718 g/mol. The van der Waals surface area contributed by atoms with Crippen LogP contribution in [0.1, 0.15) is 31.7 Å². The number of likely N-dealkylation sites (N-methyl/N-ethyl adjacent to an activating group) is 3. The summed E-state index contributed by atoms with van der Waals surface area (Å²) in [6.07, 6.45) is 6.25. The Morgan fingerprint density at radius 1 is 0.962 bits per heavy atom. The number of rotatable bonds is 13. The minimum Gasteiger partial charge on any atom is -0.445 e. The van der Waals surface area contributed by atoms with Gasteiger partial charge in [0.25, 0.3) is 0 Å². The highest BCUT2D eigenvalue weighted by atomic mass is 16.6. The minimum atomic E-state index is -0.568. The fourth-order valence-electron chi connectivity index (χ4n) is 6.50. The number of hydrogen-bond acceptors (Lipinski definition) is 10. The maximum atomic E-state index is 13.4. The summed E-state index contributed by atoms with van der Waals surface area (Å²) in [5, 5.41) is 5.98. The first-order chi connectivity index (χ1) is 25.0. The van der Waals surface area contributed by atoms with Gasteiger partial charge in [0.2, 0.25) is 24.6 Å². The van der Waals surface area contributed by atoms with Crippen LogP contribution in [-0.2, 0) is 30.5 Å². The van der Waals surface area contributed by atoms with Crippen LogP contribution in [0.15, 0.2) is 42.9 Å². The van der Waals surface area contributed by atoms with Crippen LogP contribution in [0.5, 0.6) is 0 Å². The van der Waals surface area contributed by atoms with E-state index in [-0.39, 0.29) is 44.2 Å². The zero-order valence-electron chi connectivity index (χ0n) is 29.9. The highest BCUT2D eigenvalue weighted by molar-refractivity contribution is 5.96. The van der Waals surface area contributed by atoms with E-state index in [1.807, 2.05) is 13.1 Å². The van der Waals surface area contributed by atoms with Crippen molar-refractivity contribution in [2.45, 2.75) is 44.9 Å². The van der Waals surface area contributed by atoms with Crippen molar-refractivity contribution < 1.29 is 33.5 Å². The van der Waals surface area contributed by atoms with Crippen molar-refractivity contribution in [1.29, 1.82) is 0 Å². The molecule has 2 aliphatic heterocycles. The van der Waals surface area contributed by atoms with Crippen molar-refractivity contribution in [3.8, 4) is 0 Å². The number of nitrogens with zero attached hydrogens (tertiary/aromatic N) is 8. The molecule has 2 saturated heterocycles. The lowest BCUT2D eigenvalue weighted by atomic mass is 9.92. The van der Waals surface area contributed by atoms with Crippen molar-refractivity contribution in [3.63, 3.8) is 0 Å². The van der Waals surface area contributed by atoms with Gasteiger partial charge in [-0.1, -0.05) is 19.1 Å². The summed E-state index contributed by atoms with van der Waals surface area (Å²) in [5.41, 5.74) is 1.66. The predicted octanol–water partition coefficient (Wildman–Crippen LogP) is 1.58. The zero-order valence-corrected chi connectivity index (χ0v) is 29.9. The van der Waals surface area contributed by atoms with Crippen LogP contribution in [0.3, 0.4) is 0 Å². The van der Waals surface area contributed by atoms with Crippen LogP contribution < -0.4 is 15.5 Å². The van der Waals surface area contributed by atoms with Crippen molar-refractivity contribution in [3.05, 3.63) is 48.4 Å². The number of piperidine rings is 1. The van der Waals surface area contributed by atoms with E-state index < -0.39 is 18.0 Å². The summed E-state index contributed by atoms with van der Waals surface area (Å²) in [4.78, 5) is 90.3. The molecule has 0 spiro atoms. The third-order valence-corrected chi connectivity index (χ3v) is 9.76. The lowest BCUT2D eigenvalue weighted by Gasteiger charge is -2.40. The molecule has 5 rings (SSSR count). The Morgan fingerprint density at radius 2 is 1.71 bits per heavy atom. The van der Waals surface area contributed by atoms with Gasteiger partial charge in [0.15, 0.2) is 5.65 Å². The van der Waals surface area contributed by atoms with Crippen LogP contribution in [0.25, 0.3) is 11.0 Å². The van der Waals surface area contributed by atoms with Crippen LogP contribution in [0.2, 0.25) is 0 Å². The molecule has 17 nitrogen and oxygen atoms in total. The number of nitrogens with one attached hydrogen (secondary N) is 2. The summed E-state index contributed by atoms with van der Waals surface area (Å²) in [6.45, 7) is 4.21. The van der Waals surface area contributed by atoms with Gasteiger partial charge in [-0.15, -0.1) is 0 Å². The van der Waals surface area contributed by atoms with Gasteiger partial charge < -0.3 is 39.9 Å². The van der Waals surface area contributed by atoms with Crippen molar-refractivity contribution in [2.75, 3.05) is 70.6 Å². The van der Waals surface area contributed by atoms with Crippen LogP contribution in [0.4, 0.5) is 21.1 Å². The van der Waals surface area contributed by atoms with E-state index in [0.29, 0.717) is 54.6 Å². The lowest BCUT2D eigenvalue weighted by molar-refractivity contribution is -0.131. The number of amides is 6. The topological polar surface area (TPSA) is 183 Å². The maximum absolute atomic E-state index is 13.4. The number of hydrogen-bond donors (Lipinski definition) is 2. The molecule has 17 heteroatoms. The van der Waals surface area contributed by atoms with E-state index in [4.69, 9.17) is 4.74 Å². The molecule has 52 heavy (non-hydrogen) atoms. The first kappa shape index (κ1) is 37.5. The van der Waals surface area contributed by atoms with Gasteiger partial charge >= 0.3 is 12.1 Å². The van der Waals surface area contributed by atoms with Crippen LogP contribution in [-0.4, -0.2) is 143 Å². The highest BCUT2D eigenvalue weighted by Gasteiger charge is 2.31. The number of anilines is 2. The van der Waals surface area contributed by atoms with Crippen LogP contribution >= 0.6 is 0 Å². The summed E-state index contributed by atoms with van der Waals surface area (Å²) in [7, 11) is 5.17. The summed E-state index contributed by atoms with van der Waals surface area (Å²) >= 11 is 0. The van der Waals surface area contributed by atoms with E-state index >= 15 is 0 Å². The Bertz CT molecular complexity index is 1770. The second-order valence-corrected chi connectivity index (χ2v) is 13.3. The van der Waals surface area contributed by atoms with Gasteiger partial charge in [0, 0.05) is 65.8 Å². The largest absolute Gasteiger partial charge is 0.445 e. The van der Waals surface area contributed by atoms with E-state index in [0.717, 1.165) is 31.2 Å². The summed E-state index contributed by atoms with van der Waals surface area (Å²) in [5.74, 6) is 0.251. The van der Waals surface area contributed by atoms with Crippen molar-refractivity contribution in [1.82, 2.24) is 39.5 Å². The fraction of sp³-hybridized carbons (Fsp3) is 0.486. The molecule has 3 atom stereocenters. The minimum absolute atomic E-state index is 0.00446. The first-order valence-corrected chi connectivity index (χ1v) is 17.3. The molecule has 0 bridgehead atoms. The van der Waals surface area contributed by atoms with E-state index in [2.05, 4.69) is 32.4 Å². The van der Waals surface area contributed by atoms with E-state index in [9.17, 15) is 28.8 Å². The standard InChI is InChI=1S/C35H46N10O7/c1-24-11-14-43(22-46)19-29(24)42(4)31-27-12-15-45(32(27)38-21-37-31)34(50)40(2)16-17-41(3)35(51)52-20-25-7-9-26(10-8-25)39-30(48)18-36-33(49)28-6-5-13-44(28)23-47/h7-10,12,15,21-24,28-29H,5-6,11,13-14,16-20H2,1-4H3,(H,36,49)(H,39,48). The zero-order chi connectivity index (χ0) is 37.4. The number of ether oxygens (including phenoxy) is 1. The normalized spacial score (nSPS) is 18.4. The van der Waals surface area contributed by atoms with E-state index in [1.54, 1.807) is 49.5 Å². The molecule has 2 N–H and O–H groups in total. The number of carbonyl (C=O) groups is 6. The Hall–Kier alpha value is -5.74. The van der Waals surface area contributed by atoms with Gasteiger partial charge in [-0.2, -0.15) is 0 Å². The molecule has 2 aliphatic rings. The molecule has 3 unspecified atom stereocenters. The molecule has 0 radical (unpaired) electrons. The van der Waals surface area contributed by atoms with E-state index in [1.165, 1.54) is 25.6 Å². The summed E-state index contributed by atoms with van der Waals surface area (Å²) in [6, 6.07) is 7.73. The number of benzene rings is 1. The predicted molar refractivity (Wildman–Crippen MR) is 191 cm³/mol. The Morgan fingerprint density at radius 3 is 2.44 bits per heavy atom. The third-order valence-electron chi connectivity index (χ3n) is 9.76. The second-order valence-electron chi connectivity index (χ2n) is 13.3. The van der Waals surface area contributed by atoms with Crippen molar-refractivity contribution >= 4 is 59.3 Å². The average Bonchev–Trinajstić information content (AvgIpc) is 3.83. The Labute approximate surface area is 301 Å². The number of aromatic nitrogens is 3.